The van der Waals surface area contributed by atoms with E-state index in [1.165, 1.54) is 28.0 Å². The van der Waals surface area contributed by atoms with Crippen LogP contribution in [0.4, 0.5) is 0 Å². The van der Waals surface area contributed by atoms with Crippen LogP contribution in [0.25, 0.3) is 6.08 Å². The molecule has 148 valence electrons. The van der Waals surface area contributed by atoms with Crippen LogP contribution in [0.2, 0.25) is 0 Å². The average Bonchev–Trinajstić information content (AvgIpc) is 3.14. The Morgan fingerprint density at radius 2 is 2.03 bits per heavy atom. The Hall–Kier alpha value is -2.91. The highest BCUT2D eigenvalue weighted by Gasteiger charge is 2.54. The molecule has 1 saturated heterocycles. The average molecular weight is 428 g/mol. The topological polar surface area (TPSA) is 99.6 Å². The highest BCUT2D eigenvalue weighted by molar-refractivity contribution is 8.00. The summed E-state index contributed by atoms with van der Waals surface area (Å²) in [4.78, 5) is 43.3. The van der Waals surface area contributed by atoms with Gasteiger partial charge in [0.2, 0.25) is 0 Å². The number of thiazole rings is 1. The SMILES string of the molecule is Cc1ncsc1/C=C/C1=C(C(=O)O)N2C(=O)[C@@H](NC(=O)c3ccccc3)[C@H]2SC1. The molecule has 9 heteroatoms. The summed E-state index contributed by atoms with van der Waals surface area (Å²) in [5, 5.41) is 12.0. The van der Waals surface area contributed by atoms with E-state index in [2.05, 4.69) is 10.3 Å². The molecule has 2 atom stereocenters. The Morgan fingerprint density at radius 1 is 1.28 bits per heavy atom. The fourth-order valence-corrected chi connectivity index (χ4v) is 5.25. The molecule has 0 aliphatic carbocycles. The number of carboxylic acids is 1. The summed E-state index contributed by atoms with van der Waals surface area (Å²) in [6, 6.07) is 7.88. The largest absolute Gasteiger partial charge is 0.477 e. The number of hydrogen-bond acceptors (Lipinski definition) is 6. The second kappa shape index (κ2) is 7.84. The van der Waals surface area contributed by atoms with Crippen LogP contribution in [0, 0.1) is 6.92 Å². The number of β-lactam (4-membered cyclic amide) rings is 1. The maximum atomic E-state index is 12.7. The minimum atomic E-state index is -1.16. The molecule has 29 heavy (non-hydrogen) atoms. The molecule has 1 aromatic heterocycles. The number of nitrogens with one attached hydrogen (secondary N) is 1. The number of aliphatic carboxylic acids is 1. The van der Waals surface area contributed by atoms with Crippen LogP contribution >= 0.6 is 23.1 Å². The number of aromatic nitrogens is 1. The van der Waals surface area contributed by atoms with E-state index < -0.39 is 23.3 Å². The van der Waals surface area contributed by atoms with Crippen LogP contribution < -0.4 is 5.32 Å². The molecule has 1 aromatic carbocycles. The van der Waals surface area contributed by atoms with Gasteiger partial charge in [0.25, 0.3) is 11.8 Å². The van der Waals surface area contributed by atoms with Gasteiger partial charge in [0.05, 0.1) is 11.2 Å². The zero-order valence-electron chi connectivity index (χ0n) is 15.4. The molecule has 7 nitrogen and oxygen atoms in total. The van der Waals surface area contributed by atoms with Gasteiger partial charge in [-0.1, -0.05) is 24.3 Å². The first-order valence-electron chi connectivity index (χ1n) is 8.82. The Kier molecular flexibility index (Phi) is 5.25. The van der Waals surface area contributed by atoms with Crippen molar-refractivity contribution in [3.05, 3.63) is 69.3 Å². The number of rotatable bonds is 5. The Balaban J connectivity index is 1.55. The molecule has 2 aliphatic heterocycles. The van der Waals surface area contributed by atoms with Gasteiger partial charge in [-0.2, -0.15) is 0 Å². The summed E-state index contributed by atoms with van der Waals surface area (Å²) < 4.78 is 0. The van der Waals surface area contributed by atoms with Gasteiger partial charge in [0.15, 0.2) is 0 Å². The molecule has 2 aromatic rings. The van der Waals surface area contributed by atoms with Crippen LogP contribution in [0.1, 0.15) is 20.9 Å². The van der Waals surface area contributed by atoms with Crippen molar-refractivity contribution in [2.75, 3.05) is 5.75 Å². The first-order chi connectivity index (χ1) is 14.0. The third-order valence-corrected chi connectivity index (χ3v) is 6.94. The first-order valence-corrected chi connectivity index (χ1v) is 10.8. The summed E-state index contributed by atoms with van der Waals surface area (Å²) in [6.07, 6.45) is 3.56. The summed E-state index contributed by atoms with van der Waals surface area (Å²) in [7, 11) is 0. The van der Waals surface area contributed by atoms with Crippen molar-refractivity contribution in [1.29, 1.82) is 0 Å². The van der Waals surface area contributed by atoms with E-state index in [1.54, 1.807) is 41.9 Å². The molecule has 2 N–H and O–H groups in total. The molecule has 4 rings (SSSR count). The maximum absolute atomic E-state index is 12.7. The van der Waals surface area contributed by atoms with Gasteiger partial charge in [-0.25, -0.2) is 9.78 Å². The van der Waals surface area contributed by atoms with Crippen LogP contribution in [-0.4, -0.2) is 49.9 Å². The minimum absolute atomic E-state index is 0.0256. The second-order valence-electron chi connectivity index (χ2n) is 6.54. The second-order valence-corrected chi connectivity index (χ2v) is 8.53. The zero-order valence-corrected chi connectivity index (χ0v) is 17.0. The van der Waals surface area contributed by atoms with Gasteiger partial charge in [-0.3, -0.25) is 14.5 Å². The zero-order chi connectivity index (χ0) is 20.5. The van der Waals surface area contributed by atoms with Crippen molar-refractivity contribution in [3.63, 3.8) is 0 Å². The molecule has 0 bridgehead atoms. The minimum Gasteiger partial charge on any atom is -0.477 e. The molecule has 1 fully saturated rings. The van der Waals surface area contributed by atoms with E-state index in [0.29, 0.717) is 16.9 Å². The van der Waals surface area contributed by atoms with E-state index in [0.717, 1.165) is 10.6 Å². The van der Waals surface area contributed by atoms with Crippen LogP contribution in [-0.2, 0) is 9.59 Å². The monoisotopic (exact) mass is 427 g/mol. The summed E-state index contributed by atoms with van der Waals surface area (Å²) in [5.74, 6) is -1.49. The van der Waals surface area contributed by atoms with E-state index in [1.807, 2.05) is 13.0 Å². The molecular weight excluding hydrogens is 410 g/mol. The standard InChI is InChI=1S/C20H17N3O4S2/c1-11-14(29-10-21-11)8-7-13-9-28-19-15(18(25)23(19)16(13)20(26)27)22-17(24)12-5-3-2-4-6-12/h2-8,10,15,19H,9H2,1H3,(H,22,24)(H,26,27)/b8-7+/t15-,19-/m1/s1. The number of thioether (sulfide) groups is 1. The van der Waals surface area contributed by atoms with E-state index in [-0.39, 0.29) is 11.6 Å². The van der Waals surface area contributed by atoms with E-state index >= 15 is 0 Å². The lowest BCUT2D eigenvalue weighted by molar-refractivity contribution is -0.148. The fourth-order valence-electron chi connectivity index (χ4n) is 3.23. The molecule has 0 unspecified atom stereocenters. The van der Waals surface area contributed by atoms with Crippen molar-refractivity contribution in [3.8, 4) is 0 Å². The lowest BCUT2D eigenvalue weighted by atomic mass is 10.0. The number of aryl methyl sites for hydroxylation is 1. The Morgan fingerprint density at radius 3 is 2.69 bits per heavy atom. The van der Waals surface area contributed by atoms with Crippen LogP contribution in [0.15, 0.2) is 53.2 Å². The number of carbonyl (C=O) groups excluding carboxylic acids is 2. The van der Waals surface area contributed by atoms with Gasteiger partial charge >= 0.3 is 5.97 Å². The Bertz CT molecular complexity index is 1050. The van der Waals surface area contributed by atoms with E-state index in [4.69, 9.17) is 0 Å². The fraction of sp³-hybridized carbons (Fsp3) is 0.200. The number of carboxylic acid groups (broad SMARTS) is 1. The van der Waals surface area contributed by atoms with Gasteiger partial charge in [-0.15, -0.1) is 23.1 Å². The molecular formula is C20H17N3O4S2. The highest BCUT2D eigenvalue weighted by Crippen LogP contribution is 2.41. The smallest absolute Gasteiger partial charge is 0.352 e. The van der Waals surface area contributed by atoms with Gasteiger partial charge in [-0.05, 0) is 30.7 Å². The molecule has 0 saturated carbocycles. The number of nitrogens with zero attached hydrogens (tertiary/aromatic N) is 2. The number of carbonyl (C=O) groups is 3. The van der Waals surface area contributed by atoms with Crippen molar-refractivity contribution < 1.29 is 19.5 Å². The third kappa shape index (κ3) is 3.58. The van der Waals surface area contributed by atoms with Crippen molar-refractivity contribution in [2.45, 2.75) is 18.3 Å². The quantitative estimate of drug-likeness (QED) is 0.712. The summed E-state index contributed by atoms with van der Waals surface area (Å²) in [6.45, 7) is 1.88. The summed E-state index contributed by atoms with van der Waals surface area (Å²) >= 11 is 2.90. The Labute approximate surface area is 175 Å². The molecule has 2 aliphatic rings. The normalized spacial score (nSPS) is 21.1. The van der Waals surface area contributed by atoms with Gasteiger partial charge in [0.1, 0.15) is 17.1 Å². The number of allylic oxidation sites excluding steroid dienone is 1. The van der Waals surface area contributed by atoms with Crippen molar-refractivity contribution >= 4 is 47.0 Å². The molecule has 0 spiro atoms. The maximum Gasteiger partial charge on any atom is 0.352 e. The lowest BCUT2D eigenvalue weighted by Crippen LogP contribution is -2.70. The van der Waals surface area contributed by atoms with Crippen molar-refractivity contribution in [2.24, 2.45) is 0 Å². The van der Waals surface area contributed by atoms with Crippen molar-refractivity contribution in [1.82, 2.24) is 15.2 Å². The van der Waals surface area contributed by atoms with Gasteiger partial charge in [0, 0.05) is 16.2 Å². The summed E-state index contributed by atoms with van der Waals surface area (Å²) in [5.41, 5.74) is 3.59. The predicted octanol–water partition coefficient (Wildman–Crippen LogP) is 2.52. The number of amides is 2. The first kappa shape index (κ1) is 19.4. The lowest BCUT2D eigenvalue weighted by Gasteiger charge is -2.49. The van der Waals surface area contributed by atoms with Gasteiger partial charge < -0.3 is 10.4 Å². The molecule has 3 heterocycles. The molecule has 0 radical (unpaired) electrons. The predicted molar refractivity (Wildman–Crippen MR) is 111 cm³/mol. The van der Waals surface area contributed by atoms with Crippen LogP contribution in [0.5, 0.6) is 0 Å². The number of hydrogen-bond donors (Lipinski definition) is 2. The highest BCUT2D eigenvalue weighted by atomic mass is 32.2. The number of fused-ring (bicyclic) bond motifs is 1. The van der Waals surface area contributed by atoms with E-state index in [9.17, 15) is 19.5 Å². The molecule has 2 amide bonds. The van der Waals surface area contributed by atoms with Crippen LogP contribution in [0.3, 0.4) is 0 Å². The third-order valence-electron chi connectivity index (χ3n) is 4.74. The number of benzene rings is 1.